The van der Waals surface area contributed by atoms with Crippen LogP contribution >= 0.6 is 11.8 Å². The fraction of sp³-hybridized carbons (Fsp3) is 0.875. The molecule has 0 aromatic carbocycles. The second kappa shape index (κ2) is 3.42. The highest BCUT2D eigenvalue weighted by Gasteiger charge is 2.18. The summed E-state index contributed by atoms with van der Waals surface area (Å²) < 4.78 is 0.0708. The van der Waals surface area contributed by atoms with Gasteiger partial charge in [0.25, 0.3) is 0 Å². The van der Waals surface area contributed by atoms with Gasteiger partial charge in [0, 0.05) is 10.7 Å². The maximum absolute atomic E-state index is 11.1. The van der Waals surface area contributed by atoms with Gasteiger partial charge < -0.3 is 0 Å². The molecule has 0 N–H and O–H groups in total. The summed E-state index contributed by atoms with van der Waals surface area (Å²) in [4.78, 5) is 11.1. The Morgan fingerprint density at radius 1 is 1.30 bits per heavy atom. The molecule has 0 aliphatic carbocycles. The molecule has 0 atom stereocenters. The Labute approximate surface area is 67.6 Å². The summed E-state index contributed by atoms with van der Waals surface area (Å²) >= 11 is 1.43. The predicted octanol–water partition coefficient (Wildman–Crippen LogP) is 2.70. The average Bonchev–Trinajstić information content (AvgIpc) is 1.60. The Morgan fingerprint density at radius 3 is 1.80 bits per heavy atom. The first-order chi connectivity index (χ1) is 4.33. The van der Waals surface area contributed by atoms with Crippen LogP contribution in [0.25, 0.3) is 0 Å². The van der Waals surface area contributed by atoms with Gasteiger partial charge in [-0.1, -0.05) is 46.4 Å². The molecule has 2 heteroatoms. The van der Waals surface area contributed by atoms with Crippen LogP contribution in [0.3, 0.4) is 0 Å². The summed E-state index contributed by atoms with van der Waals surface area (Å²) in [6.45, 7) is 10.0. The lowest BCUT2D eigenvalue weighted by atomic mass is 10.2. The van der Waals surface area contributed by atoms with Crippen molar-refractivity contribution in [3.8, 4) is 0 Å². The van der Waals surface area contributed by atoms with Crippen LogP contribution in [-0.4, -0.2) is 9.86 Å². The van der Waals surface area contributed by atoms with Crippen molar-refractivity contribution < 1.29 is 4.79 Å². The number of rotatable bonds is 1. The zero-order valence-corrected chi connectivity index (χ0v) is 8.21. The minimum absolute atomic E-state index is 0.0708. The van der Waals surface area contributed by atoms with E-state index in [9.17, 15) is 4.79 Å². The Bertz CT molecular complexity index is 122. The smallest absolute Gasteiger partial charge is 0.191 e. The van der Waals surface area contributed by atoms with Crippen molar-refractivity contribution in [2.24, 2.45) is 5.92 Å². The minimum Gasteiger partial charge on any atom is -0.287 e. The zero-order valence-electron chi connectivity index (χ0n) is 7.39. The van der Waals surface area contributed by atoms with E-state index in [1.165, 1.54) is 11.8 Å². The largest absolute Gasteiger partial charge is 0.287 e. The minimum atomic E-state index is 0.0708. The Morgan fingerprint density at radius 2 is 1.70 bits per heavy atom. The summed E-state index contributed by atoms with van der Waals surface area (Å²) in [5.74, 6) is 0.157. The van der Waals surface area contributed by atoms with E-state index in [2.05, 4.69) is 20.8 Å². The lowest BCUT2D eigenvalue weighted by molar-refractivity contribution is -0.113. The molecule has 0 unspecified atom stereocenters. The molecule has 0 heterocycles. The normalized spacial score (nSPS) is 12.2. The van der Waals surface area contributed by atoms with Crippen LogP contribution in [0.1, 0.15) is 34.6 Å². The first-order valence-corrected chi connectivity index (χ1v) is 4.37. The fourth-order valence-electron chi connectivity index (χ4n) is 0.420. The van der Waals surface area contributed by atoms with Crippen LogP contribution < -0.4 is 0 Å². The van der Waals surface area contributed by atoms with E-state index in [0.717, 1.165) is 0 Å². The van der Waals surface area contributed by atoms with Crippen LogP contribution in [0.15, 0.2) is 0 Å². The maximum Gasteiger partial charge on any atom is 0.191 e. The summed E-state index contributed by atoms with van der Waals surface area (Å²) in [6.07, 6.45) is 0. The van der Waals surface area contributed by atoms with E-state index in [4.69, 9.17) is 0 Å². The molecule has 10 heavy (non-hydrogen) atoms. The molecule has 0 bridgehead atoms. The van der Waals surface area contributed by atoms with Crippen molar-refractivity contribution in [1.82, 2.24) is 0 Å². The highest BCUT2D eigenvalue weighted by atomic mass is 32.2. The quantitative estimate of drug-likeness (QED) is 0.586. The number of hydrogen-bond acceptors (Lipinski definition) is 2. The molecule has 0 aromatic rings. The lowest BCUT2D eigenvalue weighted by Gasteiger charge is -2.17. The summed E-state index contributed by atoms with van der Waals surface area (Å²) in [5.41, 5.74) is 0. The first kappa shape index (κ1) is 10.0. The van der Waals surface area contributed by atoms with E-state index < -0.39 is 0 Å². The molecule has 0 spiro atoms. The SMILES string of the molecule is CC(C)C(=O)SC(C)(C)C. The summed E-state index contributed by atoms with van der Waals surface area (Å²) in [7, 11) is 0. The summed E-state index contributed by atoms with van der Waals surface area (Å²) in [6, 6.07) is 0. The van der Waals surface area contributed by atoms with Crippen molar-refractivity contribution in [3.63, 3.8) is 0 Å². The molecular weight excluding hydrogens is 144 g/mol. The van der Waals surface area contributed by atoms with Crippen LogP contribution in [0.5, 0.6) is 0 Å². The zero-order chi connectivity index (χ0) is 8.36. The molecule has 0 radical (unpaired) electrons. The third-order valence-electron chi connectivity index (χ3n) is 0.878. The Kier molecular flexibility index (Phi) is 3.43. The molecular formula is C8H16OS. The molecule has 0 fully saturated rings. The average molecular weight is 160 g/mol. The van der Waals surface area contributed by atoms with Gasteiger partial charge >= 0.3 is 0 Å². The van der Waals surface area contributed by atoms with Gasteiger partial charge in [-0.25, -0.2) is 0 Å². The van der Waals surface area contributed by atoms with Gasteiger partial charge in [0.1, 0.15) is 0 Å². The van der Waals surface area contributed by atoms with Crippen LogP contribution in [0.4, 0.5) is 0 Å². The highest BCUT2D eigenvalue weighted by molar-refractivity contribution is 8.14. The maximum atomic E-state index is 11.1. The van der Waals surface area contributed by atoms with Crippen LogP contribution in [0, 0.1) is 5.92 Å². The highest BCUT2D eigenvalue weighted by Crippen LogP contribution is 2.26. The molecule has 0 saturated heterocycles. The van der Waals surface area contributed by atoms with Gasteiger partial charge in [-0.05, 0) is 0 Å². The molecule has 60 valence electrons. The van der Waals surface area contributed by atoms with E-state index in [1.54, 1.807) is 0 Å². The monoisotopic (exact) mass is 160 g/mol. The Balaban J connectivity index is 3.81. The molecule has 0 aliphatic rings. The van der Waals surface area contributed by atoms with Crippen molar-refractivity contribution in [1.29, 1.82) is 0 Å². The molecule has 0 aromatic heterocycles. The lowest BCUT2D eigenvalue weighted by Crippen LogP contribution is -2.14. The van der Waals surface area contributed by atoms with Crippen LogP contribution in [-0.2, 0) is 4.79 Å². The number of carbonyl (C=O) groups is 1. The molecule has 0 aliphatic heterocycles. The molecule has 1 nitrogen and oxygen atoms in total. The van der Waals surface area contributed by atoms with Gasteiger partial charge in [-0.2, -0.15) is 0 Å². The molecule has 0 saturated carbocycles. The van der Waals surface area contributed by atoms with Crippen molar-refractivity contribution in [3.05, 3.63) is 0 Å². The molecule has 0 rings (SSSR count). The van der Waals surface area contributed by atoms with Gasteiger partial charge in [0.05, 0.1) is 0 Å². The summed E-state index contributed by atoms with van der Waals surface area (Å²) in [5, 5.41) is 0.285. The number of thioether (sulfide) groups is 1. The second-order valence-corrected chi connectivity index (χ2v) is 5.52. The number of carbonyl (C=O) groups excluding carboxylic acids is 1. The molecule has 0 amide bonds. The van der Waals surface area contributed by atoms with Gasteiger partial charge in [0.15, 0.2) is 5.12 Å². The van der Waals surface area contributed by atoms with Gasteiger partial charge in [-0.3, -0.25) is 4.79 Å². The topological polar surface area (TPSA) is 17.1 Å². The van der Waals surface area contributed by atoms with E-state index in [0.29, 0.717) is 0 Å². The van der Waals surface area contributed by atoms with Crippen LogP contribution in [0.2, 0.25) is 0 Å². The van der Waals surface area contributed by atoms with Gasteiger partial charge in [-0.15, -0.1) is 0 Å². The standard InChI is InChI=1S/C8H16OS/c1-6(2)7(9)10-8(3,4)5/h6H,1-5H3. The third-order valence-corrected chi connectivity index (χ3v) is 2.16. The third kappa shape index (κ3) is 4.86. The number of hydrogen-bond donors (Lipinski definition) is 0. The van der Waals surface area contributed by atoms with E-state index in [1.807, 2.05) is 13.8 Å². The van der Waals surface area contributed by atoms with Crippen molar-refractivity contribution >= 4 is 16.9 Å². The van der Waals surface area contributed by atoms with E-state index in [-0.39, 0.29) is 15.8 Å². The fourth-order valence-corrected chi connectivity index (χ4v) is 1.26. The van der Waals surface area contributed by atoms with Gasteiger partial charge in [0.2, 0.25) is 0 Å². The van der Waals surface area contributed by atoms with Crippen molar-refractivity contribution in [2.45, 2.75) is 39.4 Å². The van der Waals surface area contributed by atoms with E-state index >= 15 is 0 Å². The predicted molar refractivity (Wildman–Crippen MR) is 47.2 cm³/mol. The second-order valence-electron chi connectivity index (χ2n) is 3.69. The Hall–Kier alpha value is 0.0200. The van der Waals surface area contributed by atoms with Crippen molar-refractivity contribution in [2.75, 3.05) is 0 Å². The first-order valence-electron chi connectivity index (χ1n) is 3.56.